The first kappa shape index (κ1) is 12.8. The highest BCUT2D eigenvalue weighted by Gasteiger charge is 2.23. The van der Waals surface area contributed by atoms with Crippen LogP contribution in [0.25, 0.3) is 11.3 Å². The summed E-state index contributed by atoms with van der Waals surface area (Å²) in [6.45, 7) is 4.10. The Morgan fingerprint density at radius 1 is 1.32 bits per heavy atom. The number of aromatic nitrogens is 4. The van der Waals surface area contributed by atoms with E-state index in [0.29, 0.717) is 23.8 Å². The van der Waals surface area contributed by atoms with Gasteiger partial charge in [0.15, 0.2) is 5.69 Å². The van der Waals surface area contributed by atoms with Crippen LogP contribution in [0.4, 0.5) is 11.6 Å². The number of nitrogens with zero attached hydrogens (tertiary/aromatic N) is 5. The molecule has 8 nitrogen and oxygen atoms in total. The zero-order chi connectivity index (χ0) is 13.8. The first-order chi connectivity index (χ1) is 9.13. The maximum atomic E-state index is 11.1. The number of hydrogen-bond donors (Lipinski definition) is 1. The van der Waals surface area contributed by atoms with Crippen LogP contribution in [0.1, 0.15) is 12.6 Å². The van der Waals surface area contributed by atoms with Crippen LogP contribution in [-0.2, 0) is 0 Å². The largest absolute Gasteiger partial charge is 0.354 e. The van der Waals surface area contributed by atoms with E-state index >= 15 is 0 Å². The van der Waals surface area contributed by atoms with Crippen LogP contribution < -0.4 is 5.32 Å². The van der Waals surface area contributed by atoms with Gasteiger partial charge in [-0.2, -0.15) is 0 Å². The van der Waals surface area contributed by atoms with Crippen LogP contribution in [0.2, 0.25) is 0 Å². The van der Waals surface area contributed by atoms with Crippen molar-refractivity contribution in [3.05, 3.63) is 34.5 Å². The molecule has 0 aromatic carbocycles. The Morgan fingerprint density at radius 3 is 2.58 bits per heavy atom. The molecule has 0 aliphatic carbocycles. The highest BCUT2D eigenvalue weighted by Crippen LogP contribution is 2.30. The van der Waals surface area contributed by atoms with Gasteiger partial charge in [-0.1, -0.05) is 0 Å². The predicted molar refractivity (Wildman–Crippen MR) is 68.6 cm³/mol. The molecule has 0 aliphatic heterocycles. The van der Waals surface area contributed by atoms with Crippen LogP contribution in [0.15, 0.2) is 18.7 Å². The Labute approximate surface area is 109 Å². The molecule has 0 amide bonds. The zero-order valence-electron chi connectivity index (χ0n) is 10.5. The van der Waals surface area contributed by atoms with Crippen molar-refractivity contribution >= 4 is 11.6 Å². The van der Waals surface area contributed by atoms with Crippen molar-refractivity contribution in [1.29, 1.82) is 0 Å². The summed E-state index contributed by atoms with van der Waals surface area (Å²) in [6, 6.07) is 0. The standard InChI is InChI=1S/C11H12N6O2/c1-3-14-11-15-7(2)10(17(18)19)9(16-11)8-4-12-6-13-5-8/h4-6H,3H2,1-2H3,(H,14,15,16). The smallest absolute Gasteiger partial charge is 0.316 e. The SMILES string of the molecule is CCNc1nc(C)c([N+](=O)[O-])c(-c2cncnc2)n1. The summed E-state index contributed by atoms with van der Waals surface area (Å²) in [6.07, 6.45) is 4.32. The number of anilines is 1. The van der Waals surface area contributed by atoms with E-state index in [-0.39, 0.29) is 11.4 Å². The number of nitro groups is 1. The molecule has 0 fully saturated rings. The van der Waals surface area contributed by atoms with Gasteiger partial charge in [0, 0.05) is 24.5 Å². The van der Waals surface area contributed by atoms with Gasteiger partial charge in [0.05, 0.1) is 4.92 Å². The van der Waals surface area contributed by atoms with Crippen LogP contribution in [0.5, 0.6) is 0 Å². The average Bonchev–Trinajstić information content (AvgIpc) is 2.39. The van der Waals surface area contributed by atoms with Crippen LogP contribution >= 0.6 is 0 Å². The Balaban J connectivity index is 2.65. The lowest BCUT2D eigenvalue weighted by Crippen LogP contribution is -2.07. The molecule has 0 atom stereocenters. The second kappa shape index (κ2) is 5.34. The third-order valence-corrected chi connectivity index (χ3v) is 2.41. The van der Waals surface area contributed by atoms with Gasteiger partial charge in [-0.25, -0.2) is 19.9 Å². The molecule has 1 N–H and O–H groups in total. The van der Waals surface area contributed by atoms with Crippen LogP contribution in [-0.4, -0.2) is 31.4 Å². The van der Waals surface area contributed by atoms with Gasteiger partial charge in [-0.15, -0.1) is 0 Å². The third kappa shape index (κ3) is 2.62. The Bertz CT molecular complexity index is 602. The zero-order valence-corrected chi connectivity index (χ0v) is 10.5. The molecular formula is C11H12N6O2. The van der Waals surface area contributed by atoms with Gasteiger partial charge in [-0.3, -0.25) is 10.1 Å². The Kier molecular flexibility index (Phi) is 3.60. The van der Waals surface area contributed by atoms with Crippen LogP contribution in [0.3, 0.4) is 0 Å². The fraction of sp³-hybridized carbons (Fsp3) is 0.273. The Hall–Kier alpha value is -2.64. The van der Waals surface area contributed by atoms with Gasteiger partial charge >= 0.3 is 5.69 Å². The first-order valence-corrected chi connectivity index (χ1v) is 5.65. The van der Waals surface area contributed by atoms with Crippen molar-refractivity contribution in [3.8, 4) is 11.3 Å². The molecular weight excluding hydrogens is 248 g/mol. The van der Waals surface area contributed by atoms with E-state index in [2.05, 4.69) is 25.3 Å². The summed E-state index contributed by atoms with van der Waals surface area (Å²) in [5.74, 6) is 0.351. The second-order valence-electron chi connectivity index (χ2n) is 3.74. The molecule has 0 radical (unpaired) electrons. The topological polar surface area (TPSA) is 107 Å². The molecule has 2 aromatic heterocycles. The highest BCUT2D eigenvalue weighted by molar-refractivity contribution is 5.70. The summed E-state index contributed by atoms with van der Waals surface area (Å²) in [5, 5.41) is 14.1. The predicted octanol–water partition coefficient (Wildman–Crippen LogP) is 1.58. The molecule has 0 saturated heterocycles. The first-order valence-electron chi connectivity index (χ1n) is 5.65. The molecule has 0 bridgehead atoms. The molecule has 19 heavy (non-hydrogen) atoms. The summed E-state index contributed by atoms with van der Waals surface area (Å²) < 4.78 is 0. The molecule has 0 unspecified atom stereocenters. The van der Waals surface area contributed by atoms with E-state index in [0.717, 1.165) is 0 Å². The fourth-order valence-corrected chi connectivity index (χ4v) is 1.65. The minimum atomic E-state index is -0.493. The summed E-state index contributed by atoms with van der Waals surface area (Å²) in [4.78, 5) is 26.6. The monoisotopic (exact) mass is 260 g/mol. The number of aryl methyl sites for hydroxylation is 1. The number of nitrogens with one attached hydrogen (secondary N) is 1. The van der Waals surface area contributed by atoms with Gasteiger partial charge in [0.1, 0.15) is 12.0 Å². The number of rotatable bonds is 4. The lowest BCUT2D eigenvalue weighted by atomic mass is 10.2. The summed E-state index contributed by atoms with van der Waals surface area (Å²) in [7, 11) is 0. The van der Waals surface area contributed by atoms with Crippen molar-refractivity contribution in [2.45, 2.75) is 13.8 Å². The molecule has 8 heteroatoms. The molecule has 0 spiro atoms. The van der Waals surface area contributed by atoms with Gasteiger partial charge < -0.3 is 5.32 Å². The van der Waals surface area contributed by atoms with Crippen LogP contribution in [0, 0.1) is 17.0 Å². The lowest BCUT2D eigenvalue weighted by molar-refractivity contribution is -0.385. The lowest BCUT2D eigenvalue weighted by Gasteiger charge is -2.07. The van der Waals surface area contributed by atoms with E-state index in [1.165, 1.54) is 18.7 Å². The minimum absolute atomic E-state index is 0.128. The van der Waals surface area contributed by atoms with Crippen molar-refractivity contribution in [3.63, 3.8) is 0 Å². The maximum Gasteiger partial charge on any atom is 0.316 e. The molecule has 2 aromatic rings. The summed E-state index contributed by atoms with van der Waals surface area (Å²) in [5.41, 5.74) is 0.874. The normalized spacial score (nSPS) is 10.2. The van der Waals surface area contributed by atoms with Gasteiger partial charge in [0.25, 0.3) is 0 Å². The van der Waals surface area contributed by atoms with Crippen molar-refractivity contribution in [1.82, 2.24) is 19.9 Å². The highest BCUT2D eigenvalue weighted by atomic mass is 16.6. The number of hydrogen-bond acceptors (Lipinski definition) is 7. The van der Waals surface area contributed by atoms with E-state index < -0.39 is 4.92 Å². The third-order valence-electron chi connectivity index (χ3n) is 2.41. The molecule has 0 saturated carbocycles. The molecule has 2 heterocycles. The molecule has 2 rings (SSSR count). The van der Waals surface area contributed by atoms with E-state index in [9.17, 15) is 10.1 Å². The average molecular weight is 260 g/mol. The molecule has 0 aliphatic rings. The van der Waals surface area contributed by atoms with Crippen molar-refractivity contribution in [2.24, 2.45) is 0 Å². The van der Waals surface area contributed by atoms with E-state index in [1.807, 2.05) is 6.92 Å². The van der Waals surface area contributed by atoms with E-state index in [1.54, 1.807) is 6.92 Å². The van der Waals surface area contributed by atoms with Gasteiger partial charge in [-0.05, 0) is 13.8 Å². The minimum Gasteiger partial charge on any atom is -0.354 e. The summed E-state index contributed by atoms with van der Waals surface area (Å²) >= 11 is 0. The molecule has 98 valence electrons. The maximum absolute atomic E-state index is 11.1. The van der Waals surface area contributed by atoms with Crippen molar-refractivity contribution < 1.29 is 4.92 Å². The quantitative estimate of drug-likeness (QED) is 0.656. The van der Waals surface area contributed by atoms with Crippen molar-refractivity contribution in [2.75, 3.05) is 11.9 Å². The Morgan fingerprint density at radius 2 is 2.00 bits per heavy atom. The second-order valence-corrected chi connectivity index (χ2v) is 3.74. The fourth-order valence-electron chi connectivity index (χ4n) is 1.65. The van der Waals surface area contributed by atoms with Gasteiger partial charge in [0.2, 0.25) is 5.95 Å². The van der Waals surface area contributed by atoms with E-state index in [4.69, 9.17) is 0 Å².